The summed E-state index contributed by atoms with van der Waals surface area (Å²) in [4.78, 5) is 13.4. The molecule has 0 unspecified atom stereocenters. The number of hydrogen-bond acceptors (Lipinski definition) is 5. The Morgan fingerprint density at radius 2 is 2.11 bits per heavy atom. The molecule has 0 saturated heterocycles. The van der Waals surface area contributed by atoms with Gasteiger partial charge in [0.15, 0.2) is 5.82 Å². The van der Waals surface area contributed by atoms with Gasteiger partial charge in [0.2, 0.25) is 0 Å². The van der Waals surface area contributed by atoms with Crippen LogP contribution in [0.4, 0.5) is 11.5 Å². The van der Waals surface area contributed by atoms with E-state index in [1.165, 1.54) is 11.0 Å². The summed E-state index contributed by atoms with van der Waals surface area (Å²) < 4.78 is 1.55. The highest BCUT2D eigenvalue weighted by Gasteiger charge is 2.11. The maximum absolute atomic E-state index is 12.2. The highest BCUT2D eigenvalue weighted by molar-refractivity contribution is 5.93. The van der Waals surface area contributed by atoms with E-state index in [-0.39, 0.29) is 18.3 Å². The van der Waals surface area contributed by atoms with Crippen LogP contribution in [0.2, 0.25) is 0 Å². The molecule has 2 aromatic heterocycles. The monoisotopic (exact) mass is 256 g/mol. The molecule has 96 valence electrons. The van der Waals surface area contributed by atoms with E-state index in [4.69, 9.17) is 11.5 Å². The van der Waals surface area contributed by atoms with Gasteiger partial charge in [-0.05, 0) is 24.3 Å². The molecule has 0 atom stereocenters. The summed E-state index contributed by atoms with van der Waals surface area (Å²) in [6.07, 6.45) is 3.11. The number of nitrogen functional groups attached to an aromatic ring is 2. The van der Waals surface area contributed by atoms with Gasteiger partial charge in [0.25, 0.3) is 5.91 Å². The molecule has 4 N–H and O–H groups in total. The minimum Gasteiger partial charge on any atom is -0.399 e. The molecule has 3 rings (SSSR count). The number of carbonyl (C=O) groups excluding carboxylic acids is 1. The van der Waals surface area contributed by atoms with Crippen LogP contribution in [0.25, 0.3) is 10.9 Å². The van der Waals surface area contributed by atoms with E-state index in [0.717, 1.165) is 10.9 Å². The lowest BCUT2D eigenvalue weighted by Gasteiger charge is -2.03. The van der Waals surface area contributed by atoms with E-state index in [1.54, 1.807) is 16.8 Å². The van der Waals surface area contributed by atoms with Gasteiger partial charge in [-0.2, -0.15) is 9.90 Å². The number of rotatable bonds is 2. The fourth-order valence-corrected chi connectivity index (χ4v) is 1.96. The van der Waals surface area contributed by atoms with Gasteiger partial charge in [-0.25, -0.2) is 0 Å². The lowest BCUT2D eigenvalue weighted by Crippen LogP contribution is -2.18. The molecule has 0 radical (unpaired) electrons. The SMILES string of the molecule is Nc1ccc2c(ccn2C(=O)Cn2ncc(N)n2)c1. The van der Waals surface area contributed by atoms with Gasteiger partial charge >= 0.3 is 0 Å². The first-order valence-corrected chi connectivity index (χ1v) is 5.69. The van der Waals surface area contributed by atoms with Crippen molar-refractivity contribution in [3.8, 4) is 0 Å². The van der Waals surface area contributed by atoms with Crippen molar-refractivity contribution in [1.29, 1.82) is 0 Å². The van der Waals surface area contributed by atoms with Gasteiger partial charge in [-0.15, -0.1) is 5.10 Å². The fraction of sp³-hybridized carbons (Fsp3) is 0.0833. The van der Waals surface area contributed by atoms with Gasteiger partial charge in [0.1, 0.15) is 6.54 Å². The Balaban J connectivity index is 1.93. The molecule has 1 aromatic carbocycles. The van der Waals surface area contributed by atoms with Crippen LogP contribution in [0.1, 0.15) is 4.79 Å². The predicted molar refractivity (Wildman–Crippen MR) is 71.4 cm³/mol. The van der Waals surface area contributed by atoms with E-state index < -0.39 is 0 Å². The van der Waals surface area contributed by atoms with Crippen LogP contribution >= 0.6 is 0 Å². The molecule has 7 nitrogen and oxygen atoms in total. The molecule has 0 aliphatic rings. The van der Waals surface area contributed by atoms with Gasteiger partial charge in [0, 0.05) is 17.3 Å². The van der Waals surface area contributed by atoms with Gasteiger partial charge in [0.05, 0.1) is 11.7 Å². The average molecular weight is 256 g/mol. The van der Waals surface area contributed by atoms with Crippen LogP contribution in [0.5, 0.6) is 0 Å². The summed E-state index contributed by atoms with van der Waals surface area (Å²) in [6.45, 7) is 0.0331. The van der Waals surface area contributed by atoms with Crippen molar-refractivity contribution >= 4 is 28.3 Å². The number of benzene rings is 1. The third-order valence-corrected chi connectivity index (χ3v) is 2.81. The van der Waals surface area contributed by atoms with Crippen molar-refractivity contribution in [2.24, 2.45) is 0 Å². The van der Waals surface area contributed by atoms with Crippen molar-refractivity contribution < 1.29 is 4.79 Å². The molecule has 0 amide bonds. The van der Waals surface area contributed by atoms with E-state index in [1.807, 2.05) is 18.2 Å². The molecule has 2 heterocycles. The Kier molecular flexibility index (Phi) is 2.45. The zero-order valence-corrected chi connectivity index (χ0v) is 10.0. The zero-order chi connectivity index (χ0) is 13.4. The van der Waals surface area contributed by atoms with Crippen molar-refractivity contribution in [1.82, 2.24) is 19.6 Å². The molecular weight excluding hydrogens is 244 g/mol. The number of anilines is 2. The number of fused-ring (bicyclic) bond motifs is 1. The predicted octanol–water partition coefficient (Wildman–Crippen LogP) is 0.738. The Morgan fingerprint density at radius 3 is 2.84 bits per heavy atom. The molecule has 0 aliphatic carbocycles. The maximum Gasteiger partial charge on any atom is 0.254 e. The number of carbonyl (C=O) groups is 1. The van der Waals surface area contributed by atoms with E-state index in [0.29, 0.717) is 5.69 Å². The lowest BCUT2D eigenvalue weighted by molar-refractivity contribution is 0.0886. The summed E-state index contributed by atoms with van der Waals surface area (Å²) >= 11 is 0. The summed E-state index contributed by atoms with van der Waals surface area (Å²) in [5, 5.41) is 8.69. The first-order chi connectivity index (χ1) is 9.13. The van der Waals surface area contributed by atoms with Crippen molar-refractivity contribution in [3.05, 3.63) is 36.7 Å². The molecule has 0 bridgehead atoms. The molecule has 0 saturated carbocycles. The Labute approximate surface area is 108 Å². The van der Waals surface area contributed by atoms with E-state index in [9.17, 15) is 4.79 Å². The zero-order valence-electron chi connectivity index (χ0n) is 10.0. The molecule has 19 heavy (non-hydrogen) atoms. The molecule has 0 fully saturated rings. The Bertz CT molecular complexity index is 757. The van der Waals surface area contributed by atoms with E-state index >= 15 is 0 Å². The van der Waals surface area contributed by atoms with Crippen molar-refractivity contribution in [3.63, 3.8) is 0 Å². The van der Waals surface area contributed by atoms with Gasteiger partial charge < -0.3 is 11.5 Å². The molecule has 0 spiro atoms. The first kappa shape index (κ1) is 11.3. The molecule has 3 aromatic rings. The summed E-state index contributed by atoms with van der Waals surface area (Å²) in [5.74, 6) is 0.147. The number of nitrogens with two attached hydrogens (primary N) is 2. The number of aromatic nitrogens is 4. The highest BCUT2D eigenvalue weighted by atomic mass is 16.2. The standard InChI is InChI=1S/C12H12N6O/c13-9-1-2-10-8(5-9)3-4-17(10)12(19)7-18-15-6-11(14)16-18/h1-6H,7,13H2,(H2,14,16). The fourth-order valence-electron chi connectivity index (χ4n) is 1.96. The second-order valence-corrected chi connectivity index (χ2v) is 4.20. The van der Waals surface area contributed by atoms with Gasteiger partial charge in [-0.1, -0.05) is 0 Å². The maximum atomic E-state index is 12.2. The largest absolute Gasteiger partial charge is 0.399 e. The number of nitrogens with zero attached hydrogens (tertiary/aromatic N) is 4. The van der Waals surface area contributed by atoms with Crippen molar-refractivity contribution in [2.45, 2.75) is 6.54 Å². The lowest BCUT2D eigenvalue weighted by atomic mass is 10.2. The number of hydrogen-bond donors (Lipinski definition) is 2. The minimum absolute atomic E-state index is 0.0331. The smallest absolute Gasteiger partial charge is 0.254 e. The third-order valence-electron chi connectivity index (χ3n) is 2.81. The second kappa shape index (κ2) is 4.13. The third kappa shape index (κ3) is 2.01. The van der Waals surface area contributed by atoms with Crippen LogP contribution in [-0.2, 0) is 6.54 Å². The Morgan fingerprint density at radius 1 is 1.26 bits per heavy atom. The Hall–Kier alpha value is -2.83. The first-order valence-electron chi connectivity index (χ1n) is 5.69. The van der Waals surface area contributed by atoms with Gasteiger partial charge in [-0.3, -0.25) is 9.36 Å². The molecule has 7 heteroatoms. The summed E-state index contributed by atoms with van der Waals surface area (Å²) in [7, 11) is 0. The van der Waals surface area contributed by atoms with Crippen molar-refractivity contribution in [2.75, 3.05) is 11.5 Å². The summed E-state index contributed by atoms with van der Waals surface area (Å²) in [6, 6.07) is 7.24. The minimum atomic E-state index is -0.143. The van der Waals surface area contributed by atoms with Crippen LogP contribution in [0, 0.1) is 0 Å². The normalized spacial score (nSPS) is 10.9. The molecule has 0 aliphatic heterocycles. The summed E-state index contributed by atoms with van der Waals surface area (Å²) in [5.41, 5.74) is 12.6. The average Bonchev–Trinajstić information content (AvgIpc) is 2.95. The van der Waals surface area contributed by atoms with Crippen LogP contribution in [-0.4, -0.2) is 25.5 Å². The van der Waals surface area contributed by atoms with E-state index in [2.05, 4.69) is 10.2 Å². The quantitative estimate of drug-likeness (QED) is 0.658. The topological polar surface area (TPSA) is 105 Å². The van der Waals surface area contributed by atoms with Crippen LogP contribution in [0.3, 0.4) is 0 Å². The highest BCUT2D eigenvalue weighted by Crippen LogP contribution is 2.18. The molecular formula is C12H12N6O. The van der Waals surface area contributed by atoms with Crippen LogP contribution < -0.4 is 11.5 Å². The second-order valence-electron chi connectivity index (χ2n) is 4.20. The van der Waals surface area contributed by atoms with Crippen LogP contribution in [0.15, 0.2) is 36.7 Å².